The fraction of sp³-hybridized carbons (Fsp3) is 0.312. The van der Waals surface area contributed by atoms with Crippen molar-refractivity contribution >= 4 is 27.3 Å². The Kier molecular flexibility index (Phi) is 4.93. The summed E-state index contributed by atoms with van der Waals surface area (Å²) in [5.41, 5.74) is 1.05. The van der Waals surface area contributed by atoms with Gasteiger partial charge in [0, 0.05) is 44.3 Å². The Bertz CT molecular complexity index is 807. The molecule has 0 spiro atoms. The topological polar surface area (TPSA) is 62.7 Å². The molecule has 1 aliphatic rings. The van der Waals surface area contributed by atoms with Gasteiger partial charge in [0.1, 0.15) is 5.75 Å². The molecule has 0 N–H and O–H groups in total. The van der Waals surface area contributed by atoms with Gasteiger partial charge in [0.05, 0.1) is 17.0 Å². The molecule has 0 aliphatic carbocycles. The van der Waals surface area contributed by atoms with Crippen LogP contribution in [-0.2, 0) is 10.0 Å². The van der Waals surface area contributed by atoms with Crippen LogP contribution in [0.5, 0.6) is 5.75 Å². The van der Waals surface area contributed by atoms with Gasteiger partial charge in [-0.05, 0) is 30.3 Å². The third kappa shape index (κ3) is 3.33. The van der Waals surface area contributed by atoms with Gasteiger partial charge >= 0.3 is 0 Å². The molecule has 1 saturated heterocycles. The minimum atomic E-state index is -3.56. The van der Waals surface area contributed by atoms with E-state index in [0.29, 0.717) is 31.9 Å². The second-order valence-corrected chi connectivity index (χ2v) is 7.74. The highest BCUT2D eigenvalue weighted by Crippen LogP contribution is 2.29. The van der Waals surface area contributed by atoms with Gasteiger partial charge in [-0.3, -0.25) is 4.98 Å². The van der Waals surface area contributed by atoms with Crippen LogP contribution in [0.1, 0.15) is 0 Å². The Morgan fingerprint density at radius 3 is 2.33 bits per heavy atom. The van der Waals surface area contributed by atoms with Gasteiger partial charge in [-0.25, -0.2) is 8.42 Å². The first-order chi connectivity index (χ1) is 11.5. The number of rotatable bonds is 4. The molecule has 0 saturated carbocycles. The number of piperazine rings is 1. The number of ether oxygens (including phenoxy) is 1. The van der Waals surface area contributed by atoms with Gasteiger partial charge in [-0.2, -0.15) is 4.31 Å². The molecule has 0 amide bonds. The number of anilines is 1. The number of halogens is 1. The fourth-order valence-electron chi connectivity index (χ4n) is 2.70. The Labute approximate surface area is 146 Å². The number of hydrogen-bond donors (Lipinski definition) is 0. The summed E-state index contributed by atoms with van der Waals surface area (Å²) >= 11 is 6.06. The molecule has 0 bridgehead atoms. The molecule has 1 aromatic carbocycles. The first-order valence-electron chi connectivity index (χ1n) is 7.51. The zero-order valence-corrected chi connectivity index (χ0v) is 14.8. The van der Waals surface area contributed by atoms with Crippen molar-refractivity contribution in [3.8, 4) is 5.75 Å². The Morgan fingerprint density at radius 2 is 1.75 bits per heavy atom. The van der Waals surface area contributed by atoms with Crippen molar-refractivity contribution in [3.05, 3.63) is 47.7 Å². The van der Waals surface area contributed by atoms with E-state index in [4.69, 9.17) is 16.3 Å². The molecular weight excluding hydrogens is 350 g/mol. The highest BCUT2D eigenvalue weighted by atomic mass is 35.5. The number of benzene rings is 1. The lowest BCUT2D eigenvalue weighted by Crippen LogP contribution is -2.48. The molecule has 6 nitrogen and oxygen atoms in total. The highest BCUT2D eigenvalue weighted by molar-refractivity contribution is 7.89. The average molecular weight is 368 g/mol. The summed E-state index contributed by atoms with van der Waals surface area (Å²) in [6, 6.07) is 8.38. The normalized spacial score (nSPS) is 16.2. The van der Waals surface area contributed by atoms with Crippen molar-refractivity contribution < 1.29 is 13.2 Å². The van der Waals surface area contributed by atoms with E-state index in [2.05, 4.69) is 9.88 Å². The molecule has 2 aromatic rings. The second-order valence-electron chi connectivity index (χ2n) is 5.39. The van der Waals surface area contributed by atoms with E-state index >= 15 is 0 Å². The molecule has 8 heteroatoms. The van der Waals surface area contributed by atoms with Gasteiger partial charge < -0.3 is 9.64 Å². The molecule has 1 aromatic heterocycles. The van der Waals surface area contributed by atoms with Crippen LogP contribution in [0.25, 0.3) is 0 Å². The number of nitrogens with zero attached hydrogens (tertiary/aromatic N) is 3. The van der Waals surface area contributed by atoms with Crippen LogP contribution in [-0.4, -0.2) is 51.0 Å². The van der Waals surface area contributed by atoms with Crippen LogP contribution in [0.4, 0.5) is 5.69 Å². The van der Waals surface area contributed by atoms with Crippen LogP contribution >= 0.6 is 11.6 Å². The van der Waals surface area contributed by atoms with E-state index in [1.54, 1.807) is 18.5 Å². The lowest BCUT2D eigenvalue weighted by Gasteiger charge is -2.35. The Morgan fingerprint density at radius 1 is 1.08 bits per heavy atom. The number of aromatic nitrogens is 1. The molecule has 0 radical (unpaired) electrons. The zero-order valence-electron chi connectivity index (χ0n) is 13.2. The Balaban J connectivity index is 1.74. The van der Waals surface area contributed by atoms with E-state index in [0.717, 1.165) is 5.69 Å². The van der Waals surface area contributed by atoms with Gasteiger partial charge in [-0.15, -0.1) is 0 Å². The van der Waals surface area contributed by atoms with Crippen molar-refractivity contribution in [3.63, 3.8) is 0 Å². The quantitative estimate of drug-likeness (QED) is 0.829. The molecule has 0 atom stereocenters. The van der Waals surface area contributed by atoms with Gasteiger partial charge in [0.25, 0.3) is 0 Å². The molecule has 1 fully saturated rings. The van der Waals surface area contributed by atoms with E-state index in [1.165, 1.54) is 23.5 Å². The van der Waals surface area contributed by atoms with Gasteiger partial charge in [0.2, 0.25) is 10.0 Å². The predicted molar refractivity (Wildman–Crippen MR) is 93.2 cm³/mol. The van der Waals surface area contributed by atoms with E-state index in [-0.39, 0.29) is 9.92 Å². The SMILES string of the molecule is COc1ccc(S(=O)(=O)N2CCN(c3ccncc3)CC2)cc1Cl. The summed E-state index contributed by atoms with van der Waals surface area (Å²) in [6.45, 7) is 2.11. The summed E-state index contributed by atoms with van der Waals surface area (Å²) < 4.78 is 32.1. The maximum Gasteiger partial charge on any atom is 0.243 e. The number of pyridine rings is 1. The van der Waals surface area contributed by atoms with E-state index in [1.807, 2.05) is 12.1 Å². The van der Waals surface area contributed by atoms with Crippen LogP contribution in [0.15, 0.2) is 47.6 Å². The first-order valence-corrected chi connectivity index (χ1v) is 9.33. The number of hydrogen-bond acceptors (Lipinski definition) is 5. The van der Waals surface area contributed by atoms with Crippen molar-refractivity contribution in [2.24, 2.45) is 0 Å². The molecule has 2 heterocycles. The van der Waals surface area contributed by atoms with Gasteiger partial charge in [-0.1, -0.05) is 11.6 Å². The minimum absolute atomic E-state index is 0.186. The van der Waals surface area contributed by atoms with Crippen molar-refractivity contribution in [1.29, 1.82) is 0 Å². The molecule has 1 aliphatic heterocycles. The van der Waals surface area contributed by atoms with E-state index < -0.39 is 10.0 Å². The lowest BCUT2D eigenvalue weighted by atomic mass is 10.3. The molecular formula is C16H18ClN3O3S. The molecule has 24 heavy (non-hydrogen) atoms. The second kappa shape index (κ2) is 6.96. The highest BCUT2D eigenvalue weighted by Gasteiger charge is 2.29. The van der Waals surface area contributed by atoms with Crippen LogP contribution in [0, 0.1) is 0 Å². The monoisotopic (exact) mass is 367 g/mol. The predicted octanol–water partition coefficient (Wildman–Crippen LogP) is 2.25. The third-order valence-corrected chi connectivity index (χ3v) is 6.22. The number of methoxy groups -OCH3 is 1. The summed E-state index contributed by atoms with van der Waals surface area (Å²) in [7, 11) is -2.07. The minimum Gasteiger partial charge on any atom is -0.495 e. The average Bonchev–Trinajstić information content (AvgIpc) is 2.62. The molecule has 0 unspecified atom stereocenters. The van der Waals surface area contributed by atoms with Gasteiger partial charge in [0.15, 0.2) is 0 Å². The smallest absolute Gasteiger partial charge is 0.243 e. The third-order valence-electron chi connectivity index (χ3n) is 4.03. The van der Waals surface area contributed by atoms with Crippen molar-refractivity contribution in [2.75, 3.05) is 38.2 Å². The van der Waals surface area contributed by atoms with E-state index in [9.17, 15) is 8.42 Å². The lowest BCUT2D eigenvalue weighted by molar-refractivity contribution is 0.384. The summed E-state index contributed by atoms with van der Waals surface area (Å²) in [6.07, 6.45) is 3.47. The van der Waals surface area contributed by atoms with Crippen molar-refractivity contribution in [2.45, 2.75) is 4.90 Å². The van der Waals surface area contributed by atoms with Crippen LogP contribution in [0.2, 0.25) is 5.02 Å². The number of sulfonamides is 1. The standard InChI is InChI=1S/C16H18ClN3O3S/c1-23-16-3-2-14(12-15(16)17)24(21,22)20-10-8-19(9-11-20)13-4-6-18-7-5-13/h2-7,12H,8-11H2,1H3. The molecule has 128 valence electrons. The fourth-order valence-corrected chi connectivity index (χ4v) is 4.47. The van der Waals surface area contributed by atoms with Crippen LogP contribution < -0.4 is 9.64 Å². The first kappa shape index (κ1) is 17.0. The van der Waals surface area contributed by atoms with Crippen LogP contribution in [0.3, 0.4) is 0 Å². The zero-order chi connectivity index (χ0) is 17.2. The molecule has 3 rings (SSSR count). The Hall–Kier alpha value is -1.83. The summed E-state index contributed by atoms with van der Waals surface area (Å²) in [5.74, 6) is 0.457. The maximum absolute atomic E-state index is 12.8. The largest absolute Gasteiger partial charge is 0.495 e. The summed E-state index contributed by atoms with van der Waals surface area (Å²) in [4.78, 5) is 6.33. The summed E-state index contributed by atoms with van der Waals surface area (Å²) in [5, 5.41) is 0.286. The maximum atomic E-state index is 12.8. The van der Waals surface area contributed by atoms with Crippen molar-refractivity contribution in [1.82, 2.24) is 9.29 Å².